The van der Waals surface area contributed by atoms with Crippen LogP contribution in [0.2, 0.25) is 0 Å². The zero-order chi connectivity index (χ0) is 12.3. The van der Waals surface area contributed by atoms with Crippen LogP contribution in [0.3, 0.4) is 0 Å². The van der Waals surface area contributed by atoms with Crippen molar-refractivity contribution in [2.24, 2.45) is 0 Å². The molecule has 1 aromatic rings. The monoisotopic (exact) mass is 229 g/mol. The third kappa shape index (κ3) is 2.81. The standard InChI is InChI=1S/C14H15NO2/c1-10(16)15-14-8-7-12(17)9-13(14)11-5-3-2-4-6-11/h2-6,9,14H,7-8H2,1H3,(H,15,16)/t14-/m1/s1. The van der Waals surface area contributed by atoms with Gasteiger partial charge in [0.25, 0.3) is 0 Å². The second kappa shape index (κ2) is 4.95. The Labute approximate surface area is 101 Å². The molecule has 1 amide bonds. The van der Waals surface area contributed by atoms with Crippen LogP contribution in [0.25, 0.3) is 5.57 Å². The van der Waals surface area contributed by atoms with E-state index in [0.717, 1.165) is 11.1 Å². The molecule has 0 aliphatic heterocycles. The van der Waals surface area contributed by atoms with Gasteiger partial charge in [-0.2, -0.15) is 0 Å². The average Bonchev–Trinajstić information content (AvgIpc) is 2.32. The van der Waals surface area contributed by atoms with Crippen molar-refractivity contribution in [2.45, 2.75) is 25.8 Å². The molecular formula is C14H15NO2. The number of benzene rings is 1. The molecule has 0 bridgehead atoms. The second-order valence-corrected chi connectivity index (χ2v) is 4.22. The molecule has 0 saturated carbocycles. The lowest BCUT2D eigenvalue weighted by Crippen LogP contribution is -2.36. The van der Waals surface area contributed by atoms with E-state index in [1.54, 1.807) is 6.08 Å². The summed E-state index contributed by atoms with van der Waals surface area (Å²) in [6.45, 7) is 1.50. The summed E-state index contributed by atoms with van der Waals surface area (Å²) in [7, 11) is 0. The lowest BCUT2D eigenvalue weighted by Gasteiger charge is -2.24. The van der Waals surface area contributed by atoms with Gasteiger partial charge in [-0.25, -0.2) is 0 Å². The molecule has 88 valence electrons. The zero-order valence-electron chi connectivity index (χ0n) is 9.77. The van der Waals surface area contributed by atoms with Crippen LogP contribution in [0.15, 0.2) is 36.4 Å². The Hall–Kier alpha value is -1.90. The predicted molar refractivity (Wildman–Crippen MR) is 66.3 cm³/mol. The van der Waals surface area contributed by atoms with Gasteiger partial charge in [0.1, 0.15) is 0 Å². The van der Waals surface area contributed by atoms with Crippen molar-refractivity contribution in [3.8, 4) is 0 Å². The first-order chi connectivity index (χ1) is 8.16. The third-order valence-corrected chi connectivity index (χ3v) is 2.86. The Bertz CT molecular complexity index is 462. The summed E-state index contributed by atoms with van der Waals surface area (Å²) in [5.41, 5.74) is 1.91. The molecule has 3 nitrogen and oxygen atoms in total. The van der Waals surface area contributed by atoms with Crippen molar-refractivity contribution in [3.63, 3.8) is 0 Å². The van der Waals surface area contributed by atoms with Crippen LogP contribution in [0.4, 0.5) is 0 Å². The van der Waals surface area contributed by atoms with Gasteiger partial charge in [0.2, 0.25) is 5.91 Å². The Balaban J connectivity index is 2.32. The summed E-state index contributed by atoms with van der Waals surface area (Å²) in [6, 6.07) is 9.66. The van der Waals surface area contributed by atoms with Gasteiger partial charge >= 0.3 is 0 Å². The number of hydrogen-bond donors (Lipinski definition) is 1. The summed E-state index contributed by atoms with van der Waals surface area (Å²) in [4.78, 5) is 22.6. The highest BCUT2D eigenvalue weighted by Crippen LogP contribution is 2.25. The van der Waals surface area contributed by atoms with Crippen LogP contribution in [-0.4, -0.2) is 17.7 Å². The van der Waals surface area contributed by atoms with E-state index in [1.807, 2.05) is 30.3 Å². The number of amides is 1. The van der Waals surface area contributed by atoms with Crippen LogP contribution >= 0.6 is 0 Å². The minimum absolute atomic E-state index is 0.0485. The molecule has 0 heterocycles. The quantitative estimate of drug-likeness (QED) is 0.842. The fourth-order valence-electron chi connectivity index (χ4n) is 2.10. The molecule has 3 heteroatoms. The van der Waals surface area contributed by atoms with Crippen molar-refractivity contribution >= 4 is 17.3 Å². The van der Waals surface area contributed by atoms with E-state index in [9.17, 15) is 9.59 Å². The highest BCUT2D eigenvalue weighted by molar-refractivity contribution is 6.00. The van der Waals surface area contributed by atoms with Gasteiger partial charge in [-0.1, -0.05) is 30.3 Å². The number of carbonyl (C=O) groups excluding carboxylic acids is 2. The van der Waals surface area contributed by atoms with E-state index < -0.39 is 0 Å². The highest BCUT2D eigenvalue weighted by Gasteiger charge is 2.22. The normalized spacial score (nSPS) is 19.7. The van der Waals surface area contributed by atoms with E-state index >= 15 is 0 Å². The Morgan fingerprint density at radius 1 is 1.29 bits per heavy atom. The molecule has 1 aliphatic rings. The van der Waals surface area contributed by atoms with Crippen LogP contribution < -0.4 is 5.32 Å². The third-order valence-electron chi connectivity index (χ3n) is 2.86. The maximum Gasteiger partial charge on any atom is 0.217 e. The maximum atomic E-state index is 11.5. The van der Waals surface area contributed by atoms with E-state index in [2.05, 4.69) is 5.32 Å². The number of rotatable bonds is 2. The smallest absolute Gasteiger partial charge is 0.217 e. The van der Waals surface area contributed by atoms with E-state index in [4.69, 9.17) is 0 Å². The maximum absolute atomic E-state index is 11.5. The van der Waals surface area contributed by atoms with Gasteiger partial charge in [0.05, 0.1) is 6.04 Å². The molecule has 0 spiro atoms. The molecule has 1 N–H and O–H groups in total. The van der Waals surface area contributed by atoms with Crippen LogP contribution in [-0.2, 0) is 9.59 Å². The number of ketones is 1. The van der Waals surface area contributed by atoms with Gasteiger partial charge in [-0.3, -0.25) is 9.59 Å². The molecule has 0 unspecified atom stereocenters. The summed E-state index contributed by atoms with van der Waals surface area (Å²) >= 11 is 0. The highest BCUT2D eigenvalue weighted by atomic mass is 16.1. The Morgan fingerprint density at radius 2 is 2.00 bits per heavy atom. The largest absolute Gasteiger partial charge is 0.350 e. The van der Waals surface area contributed by atoms with Crippen molar-refractivity contribution in [1.29, 1.82) is 0 Å². The zero-order valence-corrected chi connectivity index (χ0v) is 9.77. The minimum Gasteiger partial charge on any atom is -0.350 e. The van der Waals surface area contributed by atoms with Gasteiger partial charge < -0.3 is 5.32 Å². The number of allylic oxidation sites excluding steroid dienone is 1. The topological polar surface area (TPSA) is 46.2 Å². The Kier molecular flexibility index (Phi) is 3.38. The summed E-state index contributed by atoms with van der Waals surface area (Å²) in [5, 5.41) is 2.89. The first kappa shape index (κ1) is 11.6. The van der Waals surface area contributed by atoms with Gasteiger partial charge in [-0.15, -0.1) is 0 Å². The van der Waals surface area contributed by atoms with Gasteiger partial charge in [0, 0.05) is 13.3 Å². The molecule has 17 heavy (non-hydrogen) atoms. The molecule has 0 fully saturated rings. The SMILES string of the molecule is CC(=O)N[C@@H]1CCC(=O)C=C1c1ccccc1. The van der Waals surface area contributed by atoms with E-state index in [1.165, 1.54) is 6.92 Å². The Morgan fingerprint density at radius 3 is 2.65 bits per heavy atom. The van der Waals surface area contributed by atoms with Crippen molar-refractivity contribution in [3.05, 3.63) is 42.0 Å². The van der Waals surface area contributed by atoms with Crippen molar-refractivity contribution in [1.82, 2.24) is 5.32 Å². The van der Waals surface area contributed by atoms with Crippen LogP contribution in [0.1, 0.15) is 25.3 Å². The molecule has 0 radical (unpaired) electrons. The van der Waals surface area contributed by atoms with Crippen molar-refractivity contribution in [2.75, 3.05) is 0 Å². The first-order valence-corrected chi connectivity index (χ1v) is 5.74. The average molecular weight is 229 g/mol. The molecule has 1 aromatic carbocycles. The molecular weight excluding hydrogens is 214 g/mol. The van der Waals surface area contributed by atoms with Gasteiger partial charge in [-0.05, 0) is 23.6 Å². The minimum atomic E-state index is -0.0637. The second-order valence-electron chi connectivity index (χ2n) is 4.22. The summed E-state index contributed by atoms with van der Waals surface area (Å²) in [5.74, 6) is 0.0663. The van der Waals surface area contributed by atoms with Crippen molar-refractivity contribution < 1.29 is 9.59 Å². The molecule has 0 aromatic heterocycles. The van der Waals surface area contributed by atoms with Gasteiger partial charge in [0.15, 0.2) is 5.78 Å². The van der Waals surface area contributed by atoms with E-state index in [-0.39, 0.29) is 17.7 Å². The number of nitrogens with one attached hydrogen (secondary N) is 1. The fraction of sp³-hybridized carbons (Fsp3) is 0.286. The van der Waals surface area contributed by atoms with Crippen LogP contribution in [0, 0.1) is 0 Å². The fourth-order valence-corrected chi connectivity index (χ4v) is 2.10. The number of carbonyl (C=O) groups is 2. The van der Waals surface area contributed by atoms with Crippen LogP contribution in [0.5, 0.6) is 0 Å². The molecule has 0 saturated heterocycles. The van der Waals surface area contributed by atoms with E-state index in [0.29, 0.717) is 12.8 Å². The number of hydrogen-bond acceptors (Lipinski definition) is 2. The lowest BCUT2D eigenvalue weighted by atomic mass is 9.88. The molecule has 1 aliphatic carbocycles. The molecule has 1 atom stereocenters. The first-order valence-electron chi connectivity index (χ1n) is 5.74. The predicted octanol–water partition coefficient (Wildman–Crippen LogP) is 1.94. The summed E-state index contributed by atoms with van der Waals surface area (Å²) in [6.07, 6.45) is 2.83. The lowest BCUT2D eigenvalue weighted by molar-refractivity contribution is -0.120. The summed E-state index contributed by atoms with van der Waals surface area (Å²) < 4.78 is 0. The molecule has 2 rings (SSSR count).